The van der Waals surface area contributed by atoms with Gasteiger partial charge in [-0.1, -0.05) is 65.4 Å². The molecule has 5 aromatic rings. The summed E-state index contributed by atoms with van der Waals surface area (Å²) in [4.78, 5) is 30.7. The maximum absolute atomic E-state index is 13.9. The molecule has 2 aliphatic rings. The lowest BCUT2D eigenvalue weighted by Crippen LogP contribution is -2.38. The SMILES string of the molecule is O=C(O)c1ccc(-c2ccc(C=c3sc4n(c3=O)[C@@H](c3ccc(F)cc3)C3=C(N=4)c4ccccc4CC3)o2)cc1Cl. The van der Waals surface area contributed by atoms with Crippen molar-refractivity contribution in [1.29, 1.82) is 0 Å². The molecule has 0 fully saturated rings. The van der Waals surface area contributed by atoms with Gasteiger partial charge in [-0.3, -0.25) is 9.36 Å². The number of carboxylic acids is 1. The smallest absolute Gasteiger partial charge is 0.337 e. The second kappa shape index (κ2) is 9.83. The van der Waals surface area contributed by atoms with Crippen LogP contribution < -0.4 is 14.9 Å². The Balaban J connectivity index is 1.36. The zero-order valence-electron chi connectivity index (χ0n) is 21.3. The van der Waals surface area contributed by atoms with Crippen molar-refractivity contribution >= 4 is 40.7 Å². The molecule has 1 atom stereocenters. The molecule has 0 bridgehead atoms. The van der Waals surface area contributed by atoms with E-state index in [-0.39, 0.29) is 22.0 Å². The van der Waals surface area contributed by atoms with Gasteiger partial charge < -0.3 is 9.52 Å². The molecule has 7 rings (SSSR count). The highest BCUT2D eigenvalue weighted by Crippen LogP contribution is 2.41. The largest absolute Gasteiger partial charge is 0.478 e. The molecule has 0 saturated carbocycles. The fourth-order valence-corrected chi connectivity index (χ4v) is 6.77. The van der Waals surface area contributed by atoms with Gasteiger partial charge in [0.1, 0.15) is 17.3 Å². The van der Waals surface area contributed by atoms with E-state index in [4.69, 9.17) is 21.0 Å². The van der Waals surface area contributed by atoms with Crippen molar-refractivity contribution in [3.05, 3.63) is 143 Å². The van der Waals surface area contributed by atoms with Crippen LogP contribution >= 0.6 is 22.9 Å². The number of hydrogen-bond acceptors (Lipinski definition) is 5. The zero-order chi connectivity index (χ0) is 28.2. The van der Waals surface area contributed by atoms with Crippen molar-refractivity contribution in [2.75, 3.05) is 0 Å². The molecule has 3 heterocycles. The summed E-state index contributed by atoms with van der Waals surface area (Å²) in [6.07, 6.45) is 3.25. The minimum Gasteiger partial charge on any atom is -0.478 e. The first-order valence-corrected chi connectivity index (χ1v) is 14.1. The third-order valence-electron chi connectivity index (χ3n) is 7.44. The maximum Gasteiger partial charge on any atom is 0.337 e. The number of furan rings is 1. The van der Waals surface area contributed by atoms with Crippen molar-refractivity contribution in [3.63, 3.8) is 0 Å². The van der Waals surface area contributed by atoms with Gasteiger partial charge >= 0.3 is 5.97 Å². The highest BCUT2D eigenvalue weighted by Gasteiger charge is 2.32. The molecule has 41 heavy (non-hydrogen) atoms. The fraction of sp³-hybridized carbons (Fsp3) is 0.0938. The Kier molecular flexibility index (Phi) is 6.10. The quantitative estimate of drug-likeness (QED) is 0.279. The molecule has 0 radical (unpaired) electrons. The molecule has 202 valence electrons. The predicted octanol–water partition coefficient (Wildman–Crippen LogP) is 6.07. The molecule has 1 aliphatic heterocycles. The summed E-state index contributed by atoms with van der Waals surface area (Å²) in [5.41, 5.74) is 5.41. The van der Waals surface area contributed by atoms with Gasteiger partial charge in [-0.05, 0) is 65.9 Å². The number of carboxylic acid groups (broad SMARTS) is 1. The van der Waals surface area contributed by atoms with E-state index in [1.54, 1.807) is 41.0 Å². The number of fused-ring (bicyclic) bond motifs is 3. The van der Waals surface area contributed by atoms with E-state index in [0.29, 0.717) is 26.4 Å². The number of hydrogen-bond donors (Lipinski definition) is 1. The van der Waals surface area contributed by atoms with Gasteiger partial charge in [-0.25, -0.2) is 14.2 Å². The number of rotatable bonds is 4. The third kappa shape index (κ3) is 4.36. The van der Waals surface area contributed by atoms with Gasteiger partial charge in [0.25, 0.3) is 5.56 Å². The summed E-state index contributed by atoms with van der Waals surface area (Å²) < 4.78 is 22.0. The van der Waals surface area contributed by atoms with Crippen LogP contribution in [0, 0.1) is 5.82 Å². The van der Waals surface area contributed by atoms with E-state index in [1.165, 1.54) is 41.2 Å². The Hall–Kier alpha value is -4.53. The number of aryl methyl sites for hydroxylation is 1. The van der Waals surface area contributed by atoms with Gasteiger partial charge in [-0.15, -0.1) is 0 Å². The van der Waals surface area contributed by atoms with Crippen LogP contribution in [-0.2, 0) is 6.42 Å². The summed E-state index contributed by atoms with van der Waals surface area (Å²) in [7, 11) is 0. The summed E-state index contributed by atoms with van der Waals surface area (Å²) in [6, 6.07) is 22.1. The molecule has 6 nitrogen and oxygen atoms in total. The van der Waals surface area contributed by atoms with Crippen molar-refractivity contribution in [1.82, 2.24) is 4.57 Å². The van der Waals surface area contributed by atoms with Gasteiger partial charge in [0.2, 0.25) is 0 Å². The number of nitrogens with zero attached hydrogens (tertiary/aromatic N) is 2. The second-order valence-corrected chi connectivity index (χ2v) is 11.3. The van der Waals surface area contributed by atoms with Gasteiger partial charge in [0, 0.05) is 17.2 Å². The molecular formula is C32H20ClFN2O4S. The first-order valence-electron chi connectivity index (χ1n) is 12.9. The normalized spacial score (nSPS) is 16.1. The third-order valence-corrected chi connectivity index (χ3v) is 8.74. The minimum absolute atomic E-state index is 0.00401. The van der Waals surface area contributed by atoms with Crippen molar-refractivity contribution in [2.24, 2.45) is 4.99 Å². The highest BCUT2D eigenvalue weighted by atomic mass is 35.5. The Labute approximate surface area is 241 Å². The first-order chi connectivity index (χ1) is 19.9. The lowest BCUT2D eigenvalue weighted by Gasteiger charge is -2.30. The number of aromatic nitrogens is 1. The molecule has 0 amide bonds. The number of thiazole rings is 1. The van der Waals surface area contributed by atoms with Crippen LogP contribution in [0.1, 0.15) is 45.3 Å². The van der Waals surface area contributed by atoms with E-state index in [9.17, 15) is 19.1 Å². The molecule has 0 saturated heterocycles. The van der Waals surface area contributed by atoms with Gasteiger partial charge in [-0.2, -0.15) is 0 Å². The molecule has 0 unspecified atom stereocenters. The average Bonchev–Trinajstić information content (AvgIpc) is 3.56. The lowest BCUT2D eigenvalue weighted by atomic mass is 9.83. The molecule has 1 N–H and O–H groups in total. The van der Waals surface area contributed by atoms with Crippen molar-refractivity contribution in [2.45, 2.75) is 18.9 Å². The monoisotopic (exact) mass is 582 g/mol. The fourth-order valence-electron chi connectivity index (χ4n) is 5.52. The van der Waals surface area contributed by atoms with E-state index < -0.39 is 12.0 Å². The van der Waals surface area contributed by atoms with E-state index in [0.717, 1.165) is 35.2 Å². The topological polar surface area (TPSA) is 84.8 Å². The average molecular weight is 583 g/mol. The number of halogens is 2. The molecule has 3 aromatic carbocycles. The Morgan fingerprint density at radius 2 is 1.88 bits per heavy atom. The Bertz CT molecular complexity index is 2090. The molecule has 1 aliphatic carbocycles. The molecular weight excluding hydrogens is 563 g/mol. The van der Waals surface area contributed by atoms with Crippen LogP contribution in [0.2, 0.25) is 5.02 Å². The van der Waals surface area contributed by atoms with Crippen LogP contribution in [0.25, 0.3) is 23.1 Å². The van der Waals surface area contributed by atoms with Crippen LogP contribution in [-0.4, -0.2) is 15.6 Å². The van der Waals surface area contributed by atoms with E-state index in [1.807, 2.05) is 12.1 Å². The number of allylic oxidation sites excluding steroid dienone is 1. The van der Waals surface area contributed by atoms with Crippen LogP contribution in [0.4, 0.5) is 4.39 Å². The number of benzene rings is 3. The van der Waals surface area contributed by atoms with Crippen LogP contribution in [0.5, 0.6) is 0 Å². The molecule has 2 aromatic heterocycles. The predicted molar refractivity (Wildman–Crippen MR) is 155 cm³/mol. The Morgan fingerprint density at radius 3 is 2.66 bits per heavy atom. The standard InChI is InChI=1S/C32H20ClFN2O4S/c33-25-15-19(8-12-23(25)31(38)39)26-14-11-21(40-26)16-27-30(37)36-29(18-5-9-20(34)10-6-18)24-13-7-17-3-1-2-4-22(17)28(24)35-32(36)41-27/h1-6,8-12,14-16,29H,7,13H2,(H,38,39)/t29-/m0/s1. The van der Waals surface area contributed by atoms with E-state index >= 15 is 0 Å². The lowest BCUT2D eigenvalue weighted by molar-refractivity contribution is 0.0697. The summed E-state index contributed by atoms with van der Waals surface area (Å²) >= 11 is 7.41. The van der Waals surface area contributed by atoms with Crippen molar-refractivity contribution < 1.29 is 18.7 Å². The van der Waals surface area contributed by atoms with Crippen molar-refractivity contribution in [3.8, 4) is 11.3 Å². The molecule has 9 heteroatoms. The van der Waals surface area contributed by atoms with Crippen LogP contribution in [0.15, 0.2) is 98.6 Å². The van der Waals surface area contributed by atoms with Gasteiger partial charge in [0.05, 0.1) is 26.9 Å². The minimum atomic E-state index is -1.11. The first kappa shape index (κ1) is 25.4. The number of carbonyl (C=O) groups is 1. The second-order valence-electron chi connectivity index (χ2n) is 9.87. The Morgan fingerprint density at radius 1 is 1.07 bits per heavy atom. The molecule has 0 spiro atoms. The van der Waals surface area contributed by atoms with Crippen LogP contribution in [0.3, 0.4) is 0 Å². The summed E-state index contributed by atoms with van der Waals surface area (Å²) in [6.45, 7) is 0. The maximum atomic E-state index is 13.9. The summed E-state index contributed by atoms with van der Waals surface area (Å²) in [5.74, 6) is -0.506. The number of aromatic carboxylic acids is 1. The highest BCUT2D eigenvalue weighted by molar-refractivity contribution is 7.07. The summed E-state index contributed by atoms with van der Waals surface area (Å²) in [5, 5.41) is 9.34. The zero-order valence-corrected chi connectivity index (χ0v) is 22.9. The van der Waals surface area contributed by atoms with E-state index in [2.05, 4.69) is 12.1 Å². The van der Waals surface area contributed by atoms with Gasteiger partial charge in [0.15, 0.2) is 4.80 Å².